The predicted molar refractivity (Wildman–Crippen MR) is 115 cm³/mol. The Morgan fingerprint density at radius 3 is 2.43 bits per heavy atom. The molecule has 1 aromatic rings. The summed E-state index contributed by atoms with van der Waals surface area (Å²) in [5.74, 6) is 0.186. The molecule has 162 valence electrons. The van der Waals surface area contributed by atoms with E-state index in [4.69, 9.17) is 0 Å². The van der Waals surface area contributed by atoms with Gasteiger partial charge in [-0.05, 0) is 44.1 Å². The lowest BCUT2D eigenvalue weighted by Gasteiger charge is -2.36. The Morgan fingerprint density at radius 2 is 1.70 bits per heavy atom. The molecule has 0 unspecified atom stereocenters. The van der Waals surface area contributed by atoms with Crippen LogP contribution in [0.4, 0.5) is 0 Å². The molecule has 0 spiro atoms. The minimum atomic E-state index is -0.292. The molecule has 0 radical (unpaired) electrons. The zero-order valence-electron chi connectivity index (χ0n) is 18.0. The number of nitrogens with zero attached hydrogens (tertiary/aromatic N) is 3. The van der Waals surface area contributed by atoms with Crippen LogP contribution in [0.1, 0.15) is 51.0 Å². The third kappa shape index (κ3) is 4.37. The van der Waals surface area contributed by atoms with Crippen molar-refractivity contribution in [3.63, 3.8) is 0 Å². The molecule has 3 saturated heterocycles. The van der Waals surface area contributed by atoms with E-state index in [1.807, 2.05) is 39.8 Å². The Morgan fingerprint density at radius 1 is 0.967 bits per heavy atom. The van der Waals surface area contributed by atoms with Gasteiger partial charge in [0, 0.05) is 44.6 Å². The highest BCUT2D eigenvalue weighted by Crippen LogP contribution is 2.31. The average molecular weight is 412 g/mol. The van der Waals surface area contributed by atoms with Crippen LogP contribution in [0.5, 0.6) is 0 Å². The summed E-state index contributed by atoms with van der Waals surface area (Å²) in [5, 5.41) is 0. The predicted octanol–water partition coefficient (Wildman–Crippen LogP) is 2.47. The van der Waals surface area contributed by atoms with Gasteiger partial charge in [-0.15, -0.1) is 0 Å². The Labute approximate surface area is 179 Å². The Kier molecular flexibility index (Phi) is 6.40. The number of fused-ring (bicyclic) bond motifs is 1. The SMILES string of the molecule is C[C@@H](Cc1ccccc1)C(=O)N1CCC(=O)N2[C@H](CC[C@H]2C(=O)N2CCCC2)CC1. The first-order chi connectivity index (χ1) is 14.5. The van der Waals surface area contributed by atoms with Crippen LogP contribution in [0.15, 0.2) is 30.3 Å². The molecule has 3 amide bonds. The molecule has 0 saturated carbocycles. The molecular formula is C24H33N3O3. The van der Waals surface area contributed by atoms with E-state index >= 15 is 0 Å². The van der Waals surface area contributed by atoms with Crippen LogP contribution >= 0.6 is 0 Å². The maximum absolute atomic E-state index is 13.1. The Balaban J connectivity index is 1.38. The minimum Gasteiger partial charge on any atom is -0.342 e. The van der Waals surface area contributed by atoms with Gasteiger partial charge in [-0.1, -0.05) is 37.3 Å². The second kappa shape index (κ2) is 9.19. The number of amides is 3. The van der Waals surface area contributed by atoms with Crippen molar-refractivity contribution in [1.82, 2.24) is 14.7 Å². The molecule has 3 atom stereocenters. The van der Waals surface area contributed by atoms with Crippen molar-refractivity contribution in [2.75, 3.05) is 26.2 Å². The maximum atomic E-state index is 13.1. The zero-order valence-corrected chi connectivity index (χ0v) is 18.0. The van der Waals surface area contributed by atoms with Gasteiger partial charge >= 0.3 is 0 Å². The fraction of sp³-hybridized carbons (Fsp3) is 0.625. The van der Waals surface area contributed by atoms with Crippen LogP contribution in [0.3, 0.4) is 0 Å². The summed E-state index contributed by atoms with van der Waals surface area (Å²) in [7, 11) is 0. The lowest BCUT2D eigenvalue weighted by atomic mass is 9.99. The van der Waals surface area contributed by atoms with Gasteiger partial charge in [0.1, 0.15) is 6.04 Å². The van der Waals surface area contributed by atoms with Gasteiger partial charge in [-0.3, -0.25) is 14.4 Å². The first-order valence-corrected chi connectivity index (χ1v) is 11.5. The van der Waals surface area contributed by atoms with E-state index in [1.54, 1.807) is 0 Å². The molecule has 6 nitrogen and oxygen atoms in total. The summed E-state index contributed by atoms with van der Waals surface area (Å²) in [6.07, 6.45) is 5.53. The van der Waals surface area contributed by atoms with Crippen LogP contribution in [-0.2, 0) is 20.8 Å². The van der Waals surface area contributed by atoms with Crippen molar-refractivity contribution >= 4 is 17.7 Å². The van der Waals surface area contributed by atoms with E-state index in [0.29, 0.717) is 25.9 Å². The highest BCUT2D eigenvalue weighted by Gasteiger charge is 2.43. The summed E-state index contributed by atoms with van der Waals surface area (Å²) >= 11 is 0. The molecule has 3 heterocycles. The summed E-state index contributed by atoms with van der Waals surface area (Å²) in [6.45, 7) is 4.73. The molecule has 1 aromatic carbocycles. The average Bonchev–Trinajstić information content (AvgIpc) is 3.42. The van der Waals surface area contributed by atoms with E-state index in [0.717, 1.165) is 50.8 Å². The molecule has 3 fully saturated rings. The van der Waals surface area contributed by atoms with Crippen molar-refractivity contribution in [3.8, 4) is 0 Å². The van der Waals surface area contributed by atoms with Crippen LogP contribution in [0.2, 0.25) is 0 Å². The Bertz CT molecular complexity index is 775. The van der Waals surface area contributed by atoms with Crippen molar-refractivity contribution in [2.24, 2.45) is 5.92 Å². The van der Waals surface area contributed by atoms with Crippen molar-refractivity contribution in [1.29, 1.82) is 0 Å². The number of carbonyl (C=O) groups is 3. The smallest absolute Gasteiger partial charge is 0.245 e. The number of benzene rings is 1. The number of rotatable bonds is 4. The molecule has 0 aliphatic carbocycles. The van der Waals surface area contributed by atoms with Gasteiger partial charge < -0.3 is 14.7 Å². The van der Waals surface area contributed by atoms with Gasteiger partial charge in [0.15, 0.2) is 0 Å². The highest BCUT2D eigenvalue weighted by atomic mass is 16.2. The first-order valence-electron chi connectivity index (χ1n) is 11.5. The number of carbonyl (C=O) groups excluding carboxylic acids is 3. The van der Waals surface area contributed by atoms with Crippen molar-refractivity contribution < 1.29 is 14.4 Å². The van der Waals surface area contributed by atoms with Gasteiger partial charge in [-0.2, -0.15) is 0 Å². The quantitative estimate of drug-likeness (QED) is 0.765. The second-order valence-electron chi connectivity index (χ2n) is 9.04. The molecule has 6 heteroatoms. The van der Waals surface area contributed by atoms with Crippen molar-refractivity contribution in [2.45, 2.75) is 64.0 Å². The largest absolute Gasteiger partial charge is 0.342 e. The highest BCUT2D eigenvalue weighted by molar-refractivity contribution is 5.89. The van der Waals surface area contributed by atoms with E-state index < -0.39 is 0 Å². The molecular weight excluding hydrogens is 378 g/mol. The Hall–Kier alpha value is -2.37. The van der Waals surface area contributed by atoms with Gasteiger partial charge in [0.25, 0.3) is 0 Å². The lowest BCUT2D eigenvalue weighted by molar-refractivity contribution is -0.147. The van der Waals surface area contributed by atoms with Gasteiger partial charge in [0.05, 0.1) is 0 Å². The van der Waals surface area contributed by atoms with E-state index in [2.05, 4.69) is 12.1 Å². The van der Waals surface area contributed by atoms with Crippen LogP contribution in [0, 0.1) is 5.92 Å². The summed E-state index contributed by atoms with van der Waals surface area (Å²) in [4.78, 5) is 44.7. The van der Waals surface area contributed by atoms with Gasteiger partial charge in [-0.25, -0.2) is 0 Å². The topological polar surface area (TPSA) is 60.9 Å². The first kappa shape index (κ1) is 20.9. The van der Waals surface area contributed by atoms with Crippen LogP contribution in [0.25, 0.3) is 0 Å². The third-order valence-electron chi connectivity index (χ3n) is 6.94. The molecule has 3 aliphatic heterocycles. The molecule has 0 N–H and O–H groups in total. The van der Waals surface area contributed by atoms with E-state index in [9.17, 15) is 14.4 Å². The van der Waals surface area contributed by atoms with Crippen LogP contribution < -0.4 is 0 Å². The monoisotopic (exact) mass is 411 g/mol. The standard InChI is InChI=1S/C24H33N3O3/c1-18(17-19-7-3-2-4-8-19)23(29)26-15-11-20-9-10-21(27(20)22(28)12-16-26)24(30)25-13-5-6-14-25/h2-4,7-8,18,20-21H,5-6,9-17H2,1H3/t18-,20+,21-/m0/s1. The normalized spacial score (nSPS) is 25.6. The number of hydrogen-bond acceptors (Lipinski definition) is 3. The summed E-state index contributed by atoms with van der Waals surface area (Å²) < 4.78 is 0. The molecule has 30 heavy (non-hydrogen) atoms. The maximum Gasteiger partial charge on any atom is 0.245 e. The molecule has 4 rings (SSSR count). The molecule has 0 bridgehead atoms. The fourth-order valence-electron chi connectivity index (χ4n) is 5.30. The van der Waals surface area contributed by atoms with Gasteiger partial charge in [0.2, 0.25) is 17.7 Å². The van der Waals surface area contributed by atoms with Crippen LogP contribution in [-0.4, -0.2) is 70.7 Å². The third-order valence-corrected chi connectivity index (χ3v) is 6.94. The minimum absolute atomic E-state index is 0.0308. The second-order valence-corrected chi connectivity index (χ2v) is 9.04. The molecule has 3 aliphatic rings. The van der Waals surface area contributed by atoms with E-state index in [1.165, 1.54) is 0 Å². The van der Waals surface area contributed by atoms with Crippen molar-refractivity contribution in [3.05, 3.63) is 35.9 Å². The zero-order chi connectivity index (χ0) is 21.1. The number of likely N-dealkylation sites (tertiary alicyclic amines) is 1. The lowest BCUT2D eigenvalue weighted by Crippen LogP contribution is -2.52. The summed E-state index contributed by atoms with van der Waals surface area (Å²) in [6, 6.07) is 9.86. The number of hydrogen-bond donors (Lipinski definition) is 0. The van der Waals surface area contributed by atoms with E-state index in [-0.39, 0.29) is 35.7 Å². The molecule has 0 aromatic heterocycles. The summed E-state index contributed by atoms with van der Waals surface area (Å²) in [5.41, 5.74) is 1.16. The fourth-order valence-corrected chi connectivity index (χ4v) is 5.30.